The van der Waals surface area contributed by atoms with Crippen LogP contribution in [0.2, 0.25) is 0 Å². The van der Waals surface area contributed by atoms with E-state index in [1.54, 1.807) is 0 Å². The smallest absolute Gasteiger partial charge is 0.290 e. The molecule has 3 heterocycles. The van der Waals surface area contributed by atoms with Crippen molar-refractivity contribution in [2.45, 2.75) is 45.7 Å². The van der Waals surface area contributed by atoms with Crippen LogP contribution in [-0.2, 0) is 20.9 Å². The van der Waals surface area contributed by atoms with Crippen LogP contribution in [0.25, 0.3) is 11.4 Å². The lowest BCUT2D eigenvalue weighted by molar-refractivity contribution is -0.138. The topological polar surface area (TPSA) is 97.5 Å². The normalized spacial score (nSPS) is 19.0. The highest BCUT2D eigenvalue weighted by atomic mass is 16.5. The molecule has 2 aliphatic heterocycles. The van der Waals surface area contributed by atoms with Crippen molar-refractivity contribution in [2.75, 3.05) is 19.8 Å². The van der Waals surface area contributed by atoms with E-state index in [0.29, 0.717) is 25.4 Å². The van der Waals surface area contributed by atoms with E-state index in [4.69, 9.17) is 24.7 Å². The van der Waals surface area contributed by atoms with Gasteiger partial charge in [-0.2, -0.15) is 5.10 Å². The molecule has 2 aromatic rings. The van der Waals surface area contributed by atoms with Crippen molar-refractivity contribution in [2.24, 2.45) is 11.8 Å². The van der Waals surface area contributed by atoms with Crippen LogP contribution in [0.5, 0.6) is 0 Å². The van der Waals surface area contributed by atoms with Crippen molar-refractivity contribution < 1.29 is 19.4 Å². The number of carbonyl (C=O) groups excluding carboxylic acids is 1. The van der Waals surface area contributed by atoms with Gasteiger partial charge in [0.1, 0.15) is 0 Å². The third-order valence-electron chi connectivity index (χ3n) is 5.64. The second-order valence-corrected chi connectivity index (χ2v) is 8.02. The Kier molecular flexibility index (Phi) is 7.57. The molecule has 0 radical (unpaired) electrons. The van der Waals surface area contributed by atoms with Crippen LogP contribution in [0.4, 0.5) is 0 Å². The minimum absolute atomic E-state index is 0.0175. The van der Waals surface area contributed by atoms with Gasteiger partial charge >= 0.3 is 0 Å². The number of nitrogens with zero attached hydrogens (tertiary/aromatic N) is 4. The second-order valence-electron chi connectivity index (χ2n) is 8.02. The van der Waals surface area contributed by atoms with E-state index in [9.17, 15) is 4.79 Å². The molecule has 0 unspecified atom stereocenters. The summed E-state index contributed by atoms with van der Waals surface area (Å²) in [5.41, 5.74) is 1.02. The number of rotatable bonds is 4. The molecule has 2 aliphatic rings. The Morgan fingerprint density at radius 3 is 2.53 bits per heavy atom. The quantitative estimate of drug-likeness (QED) is 0.773. The summed E-state index contributed by atoms with van der Waals surface area (Å²) >= 11 is 0. The Bertz CT molecular complexity index is 831. The number of carboxylic acid groups (broad SMARTS) is 1. The molecular weight excluding hydrogens is 384 g/mol. The standard InChI is InChI=1S/C21H28N4O2.CH2O2/c1-15(2)19-21-22-20(17-6-4-3-5-7-17)23-25(21)11-10-24(19)18(26)14-16-8-12-27-13-9-16;2-1-3/h3-7,15-16,19H,8-14H2,1-2H3;1H,(H,2,3)/t19-;/m0./s1. The summed E-state index contributed by atoms with van der Waals surface area (Å²) in [6.07, 6.45) is 2.59. The van der Waals surface area contributed by atoms with Crippen molar-refractivity contribution >= 4 is 12.4 Å². The fourth-order valence-electron chi connectivity index (χ4n) is 4.18. The first kappa shape index (κ1) is 22.0. The number of hydrogen-bond acceptors (Lipinski definition) is 5. The number of amides is 1. The molecule has 1 atom stereocenters. The SMILES string of the molecule is CC(C)[C@H]1c2nc(-c3ccccc3)nn2CCN1C(=O)CC1CCOCC1.O=CO. The van der Waals surface area contributed by atoms with Gasteiger partial charge in [0.05, 0.1) is 12.6 Å². The van der Waals surface area contributed by atoms with Gasteiger partial charge in [0, 0.05) is 31.7 Å². The van der Waals surface area contributed by atoms with Gasteiger partial charge in [0.15, 0.2) is 11.6 Å². The maximum Gasteiger partial charge on any atom is 0.290 e. The maximum atomic E-state index is 13.1. The molecule has 0 saturated carbocycles. The molecule has 1 fully saturated rings. The number of benzene rings is 1. The Morgan fingerprint density at radius 1 is 1.23 bits per heavy atom. The molecular formula is C22H30N4O4. The molecule has 8 nitrogen and oxygen atoms in total. The van der Waals surface area contributed by atoms with Crippen LogP contribution >= 0.6 is 0 Å². The van der Waals surface area contributed by atoms with Gasteiger partial charge in [-0.3, -0.25) is 9.59 Å². The predicted octanol–water partition coefficient (Wildman–Crippen LogP) is 3.00. The van der Waals surface area contributed by atoms with Crippen LogP contribution in [0, 0.1) is 11.8 Å². The van der Waals surface area contributed by atoms with Crippen molar-refractivity contribution in [3.8, 4) is 11.4 Å². The van der Waals surface area contributed by atoms with E-state index in [1.165, 1.54) is 0 Å². The first-order valence-corrected chi connectivity index (χ1v) is 10.5. The van der Waals surface area contributed by atoms with Crippen molar-refractivity contribution in [1.29, 1.82) is 0 Å². The lowest BCUT2D eigenvalue weighted by Gasteiger charge is -2.38. The van der Waals surface area contributed by atoms with Crippen LogP contribution in [0.1, 0.15) is 45.0 Å². The Balaban J connectivity index is 0.000000806. The molecule has 8 heteroatoms. The van der Waals surface area contributed by atoms with Gasteiger partial charge in [-0.25, -0.2) is 9.67 Å². The number of aromatic nitrogens is 3. The Morgan fingerprint density at radius 2 is 1.90 bits per heavy atom. The molecule has 4 rings (SSSR count). The Hall–Kier alpha value is -2.74. The third-order valence-corrected chi connectivity index (χ3v) is 5.64. The van der Waals surface area contributed by atoms with Gasteiger partial charge in [-0.15, -0.1) is 0 Å². The Labute approximate surface area is 176 Å². The highest BCUT2D eigenvalue weighted by Crippen LogP contribution is 2.33. The van der Waals surface area contributed by atoms with Crippen LogP contribution < -0.4 is 0 Å². The molecule has 0 bridgehead atoms. The fraction of sp³-hybridized carbons (Fsp3) is 0.545. The first-order chi connectivity index (χ1) is 14.5. The summed E-state index contributed by atoms with van der Waals surface area (Å²) in [4.78, 5) is 28.3. The first-order valence-electron chi connectivity index (χ1n) is 10.5. The average molecular weight is 415 g/mol. The molecule has 0 spiro atoms. The second kappa shape index (κ2) is 10.3. The summed E-state index contributed by atoms with van der Waals surface area (Å²) in [7, 11) is 0. The summed E-state index contributed by atoms with van der Waals surface area (Å²) in [6, 6.07) is 10.0. The minimum Gasteiger partial charge on any atom is -0.483 e. The monoisotopic (exact) mass is 414 g/mol. The van der Waals surface area contributed by atoms with E-state index >= 15 is 0 Å². The maximum absolute atomic E-state index is 13.1. The van der Waals surface area contributed by atoms with E-state index in [1.807, 2.05) is 39.9 Å². The minimum atomic E-state index is -0.250. The summed E-state index contributed by atoms with van der Waals surface area (Å²) in [5.74, 6) is 2.63. The molecule has 1 N–H and O–H groups in total. The molecule has 1 amide bonds. The zero-order valence-electron chi connectivity index (χ0n) is 17.6. The van der Waals surface area contributed by atoms with E-state index < -0.39 is 0 Å². The highest BCUT2D eigenvalue weighted by Gasteiger charge is 2.36. The number of fused-ring (bicyclic) bond motifs is 1. The molecule has 30 heavy (non-hydrogen) atoms. The van der Waals surface area contributed by atoms with Crippen molar-refractivity contribution in [3.63, 3.8) is 0 Å². The van der Waals surface area contributed by atoms with Gasteiger partial charge in [0.25, 0.3) is 6.47 Å². The fourth-order valence-corrected chi connectivity index (χ4v) is 4.18. The zero-order chi connectivity index (χ0) is 21.5. The van der Waals surface area contributed by atoms with Gasteiger partial charge < -0.3 is 14.7 Å². The molecule has 0 aliphatic carbocycles. The van der Waals surface area contributed by atoms with Gasteiger partial charge in [-0.1, -0.05) is 44.2 Å². The summed E-state index contributed by atoms with van der Waals surface area (Å²) in [6.45, 7) is 7.03. The molecule has 1 aromatic carbocycles. The number of hydrogen-bond donors (Lipinski definition) is 1. The summed E-state index contributed by atoms with van der Waals surface area (Å²) < 4.78 is 7.42. The van der Waals surface area contributed by atoms with Gasteiger partial charge in [0.2, 0.25) is 5.91 Å². The molecule has 1 aromatic heterocycles. The van der Waals surface area contributed by atoms with E-state index in [2.05, 4.69) is 13.8 Å². The van der Waals surface area contributed by atoms with Crippen LogP contribution in [0.3, 0.4) is 0 Å². The molecule has 162 valence electrons. The lowest BCUT2D eigenvalue weighted by atomic mass is 9.94. The van der Waals surface area contributed by atoms with Crippen molar-refractivity contribution in [1.82, 2.24) is 19.7 Å². The lowest BCUT2D eigenvalue weighted by Crippen LogP contribution is -2.45. The highest BCUT2D eigenvalue weighted by molar-refractivity contribution is 5.77. The predicted molar refractivity (Wildman–Crippen MR) is 112 cm³/mol. The van der Waals surface area contributed by atoms with Crippen LogP contribution in [0.15, 0.2) is 30.3 Å². The third kappa shape index (κ3) is 5.05. The number of carbonyl (C=O) groups is 2. The van der Waals surface area contributed by atoms with Gasteiger partial charge in [-0.05, 0) is 24.7 Å². The number of ether oxygens (including phenoxy) is 1. The summed E-state index contributed by atoms with van der Waals surface area (Å²) in [5, 5.41) is 11.6. The van der Waals surface area contributed by atoms with Crippen LogP contribution in [-0.4, -0.2) is 56.9 Å². The molecule has 1 saturated heterocycles. The van der Waals surface area contributed by atoms with E-state index in [-0.39, 0.29) is 24.3 Å². The zero-order valence-corrected chi connectivity index (χ0v) is 17.6. The largest absolute Gasteiger partial charge is 0.483 e. The van der Waals surface area contributed by atoms with Crippen molar-refractivity contribution in [3.05, 3.63) is 36.2 Å². The average Bonchev–Trinajstić information content (AvgIpc) is 3.19. The van der Waals surface area contributed by atoms with E-state index in [0.717, 1.165) is 43.3 Å².